The molecule has 1 rings (SSSR count). The third-order valence-corrected chi connectivity index (χ3v) is 3.27. The maximum atomic E-state index is 11.7. The van der Waals surface area contributed by atoms with Crippen LogP contribution in [0.5, 0.6) is 0 Å². The summed E-state index contributed by atoms with van der Waals surface area (Å²) in [6.07, 6.45) is 6.57. The first kappa shape index (κ1) is 14.2. The number of nitrogens with zero attached hydrogens (tertiary/aromatic N) is 1. The van der Waals surface area contributed by atoms with E-state index in [1.807, 2.05) is 7.05 Å². The van der Waals surface area contributed by atoms with Crippen LogP contribution in [0.1, 0.15) is 25.7 Å². The molecule has 0 radical (unpaired) electrons. The molecule has 4 nitrogen and oxygen atoms in total. The Morgan fingerprint density at radius 3 is 3.06 bits per heavy atom. The summed E-state index contributed by atoms with van der Waals surface area (Å²) in [6.45, 7) is 6.77. The molecule has 0 aromatic carbocycles. The molecule has 0 aromatic heterocycles. The lowest BCUT2D eigenvalue weighted by molar-refractivity contribution is -0.123. The van der Waals surface area contributed by atoms with Crippen LogP contribution in [0.3, 0.4) is 0 Å². The minimum absolute atomic E-state index is 0.112. The first-order chi connectivity index (χ1) is 8.27. The standard InChI is InChI=1S/C13H25N3O/c1-3-8-15-13(17)11-16-10-5-4-6-12(16)7-9-14-2/h3,12,14H,1,4-11H2,2H3,(H,15,17). The Morgan fingerprint density at radius 2 is 2.35 bits per heavy atom. The molecule has 1 fully saturated rings. The molecule has 17 heavy (non-hydrogen) atoms. The number of nitrogens with one attached hydrogen (secondary N) is 2. The minimum Gasteiger partial charge on any atom is -0.352 e. The number of hydrogen-bond acceptors (Lipinski definition) is 3. The first-order valence-electron chi connectivity index (χ1n) is 6.54. The number of hydrogen-bond donors (Lipinski definition) is 2. The molecular formula is C13H25N3O. The van der Waals surface area contributed by atoms with Gasteiger partial charge in [-0.3, -0.25) is 9.69 Å². The predicted molar refractivity (Wildman–Crippen MR) is 71.0 cm³/mol. The minimum atomic E-state index is 0.112. The number of carbonyl (C=O) groups is 1. The molecule has 0 aliphatic carbocycles. The molecule has 1 aliphatic heterocycles. The van der Waals surface area contributed by atoms with Gasteiger partial charge in [-0.05, 0) is 39.4 Å². The van der Waals surface area contributed by atoms with Crippen LogP contribution in [0.2, 0.25) is 0 Å². The number of rotatable bonds is 7. The summed E-state index contributed by atoms with van der Waals surface area (Å²) in [5.74, 6) is 0.112. The van der Waals surface area contributed by atoms with Crippen LogP contribution < -0.4 is 10.6 Å². The van der Waals surface area contributed by atoms with Crippen LogP contribution in [0.25, 0.3) is 0 Å². The maximum absolute atomic E-state index is 11.7. The van der Waals surface area contributed by atoms with Crippen molar-refractivity contribution in [3.8, 4) is 0 Å². The van der Waals surface area contributed by atoms with Gasteiger partial charge >= 0.3 is 0 Å². The summed E-state index contributed by atoms with van der Waals surface area (Å²) in [6, 6.07) is 0.561. The van der Waals surface area contributed by atoms with Gasteiger partial charge in [0.25, 0.3) is 0 Å². The van der Waals surface area contributed by atoms with Gasteiger partial charge in [0.15, 0.2) is 0 Å². The van der Waals surface area contributed by atoms with Crippen LogP contribution in [0.4, 0.5) is 0 Å². The van der Waals surface area contributed by atoms with E-state index < -0.39 is 0 Å². The molecule has 0 aromatic rings. The average molecular weight is 239 g/mol. The second-order valence-electron chi connectivity index (χ2n) is 4.61. The molecule has 0 spiro atoms. The second-order valence-corrected chi connectivity index (χ2v) is 4.61. The third kappa shape index (κ3) is 5.33. The van der Waals surface area contributed by atoms with Crippen molar-refractivity contribution in [2.75, 3.05) is 33.2 Å². The Bertz CT molecular complexity index is 243. The molecular weight excluding hydrogens is 214 g/mol. The molecule has 1 unspecified atom stereocenters. The van der Waals surface area contributed by atoms with Gasteiger partial charge in [0, 0.05) is 12.6 Å². The summed E-state index contributed by atoms with van der Waals surface area (Å²) in [5.41, 5.74) is 0. The summed E-state index contributed by atoms with van der Waals surface area (Å²) in [7, 11) is 1.98. The largest absolute Gasteiger partial charge is 0.352 e. The Hall–Kier alpha value is -0.870. The fourth-order valence-electron chi connectivity index (χ4n) is 2.33. The van der Waals surface area contributed by atoms with Crippen molar-refractivity contribution in [1.82, 2.24) is 15.5 Å². The van der Waals surface area contributed by atoms with Gasteiger partial charge in [0.05, 0.1) is 6.54 Å². The van der Waals surface area contributed by atoms with Crippen LogP contribution in [0, 0.1) is 0 Å². The molecule has 4 heteroatoms. The Balaban J connectivity index is 2.35. The zero-order valence-electron chi connectivity index (χ0n) is 10.9. The summed E-state index contributed by atoms with van der Waals surface area (Å²) in [4.78, 5) is 14.0. The number of carbonyl (C=O) groups excluding carboxylic acids is 1. The SMILES string of the molecule is C=CCNC(=O)CN1CCCCC1CCNC. The molecule has 2 N–H and O–H groups in total. The maximum Gasteiger partial charge on any atom is 0.234 e. The fourth-order valence-corrected chi connectivity index (χ4v) is 2.33. The van der Waals surface area contributed by atoms with E-state index in [0.29, 0.717) is 19.1 Å². The van der Waals surface area contributed by atoms with Gasteiger partial charge < -0.3 is 10.6 Å². The van der Waals surface area contributed by atoms with Crippen molar-refractivity contribution in [1.29, 1.82) is 0 Å². The average Bonchev–Trinajstić information content (AvgIpc) is 2.35. The monoisotopic (exact) mass is 239 g/mol. The lowest BCUT2D eigenvalue weighted by Gasteiger charge is -2.35. The molecule has 1 aliphatic rings. The zero-order valence-corrected chi connectivity index (χ0v) is 10.9. The first-order valence-corrected chi connectivity index (χ1v) is 6.54. The third-order valence-electron chi connectivity index (χ3n) is 3.27. The van der Waals surface area contributed by atoms with Crippen molar-refractivity contribution in [3.05, 3.63) is 12.7 Å². The van der Waals surface area contributed by atoms with Gasteiger partial charge in [0.1, 0.15) is 0 Å². The van der Waals surface area contributed by atoms with Crippen molar-refractivity contribution in [2.45, 2.75) is 31.7 Å². The molecule has 1 atom stereocenters. The van der Waals surface area contributed by atoms with E-state index in [9.17, 15) is 4.79 Å². The number of amides is 1. The van der Waals surface area contributed by atoms with Crippen LogP contribution in [-0.2, 0) is 4.79 Å². The zero-order chi connectivity index (χ0) is 12.5. The molecule has 1 saturated heterocycles. The molecule has 0 bridgehead atoms. The molecule has 0 saturated carbocycles. The Morgan fingerprint density at radius 1 is 1.53 bits per heavy atom. The quantitative estimate of drug-likeness (QED) is 0.645. The van der Waals surface area contributed by atoms with E-state index in [0.717, 1.165) is 19.5 Å². The van der Waals surface area contributed by atoms with Crippen molar-refractivity contribution in [3.63, 3.8) is 0 Å². The molecule has 1 heterocycles. The van der Waals surface area contributed by atoms with E-state index in [2.05, 4.69) is 22.1 Å². The highest BCUT2D eigenvalue weighted by Crippen LogP contribution is 2.18. The molecule has 98 valence electrons. The van der Waals surface area contributed by atoms with Crippen LogP contribution in [0.15, 0.2) is 12.7 Å². The van der Waals surface area contributed by atoms with Gasteiger partial charge in [-0.25, -0.2) is 0 Å². The predicted octanol–water partition coefficient (Wildman–Crippen LogP) is 0.753. The fraction of sp³-hybridized carbons (Fsp3) is 0.769. The highest BCUT2D eigenvalue weighted by molar-refractivity contribution is 5.78. The topological polar surface area (TPSA) is 44.4 Å². The summed E-state index contributed by atoms with van der Waals surface area (Å²) < 4.78 is 0. The lowest BCUT2D eigenvalue weighted by atomic mass is 9.99. The summed E-state index contributed by atoms with van der Waals surface area (Å²) in [5, 5.41) is 6.02. The van der Waals surface area contributed by atoms with Crippen LogP contribution in [-0.4, -0.2) is 50.1 Å². The van der Waals surface area contributed by atoms with E-state index in [4.69, 9.17) is 0 Å². The van der Waals surface area contributed by atoms with E-state index in [-0.39, 0.29) is 5.91 Å². The van der Waals surface area contributed by atoms with Gasteiger partial charge in [-0.15, -0.1) is 6.58 Å². The molecule has 1 amide bonds. The smallest absolute Gasteiger partial charge is 0.234 e. The van der Waals surface area contributed by atoms with Gasteiger partial charge in [0.2, 0.25) is 5.91 Å². The van der Waals surface area contributed by atoms with Gasteiger partial charge in [-0.1, -0.05) is 12.5 Å². The van der Waals surface area contributed by atoms with Crippen molar-refractivity contribution in [2.24, 2.45) is 0 Å². The van der Waals surface area contributed by atoms with Crippen molar-refractivity contribution < 1.29 is 4.79 Å². The highest BCUT2D eigenvalue weighted by Gasteiger charge is 2.23. The van der Waals surface area contributed by atoms with E-state index in [1.165, 1.54) is 19.3 Å². The van der Waals surface area contributed by atoms with Crippen LogP contribution >= 0.6 is 0 Å². The Labute approximate surface area is 104 Å². The second kappa shape index (κ2) is 8.25. The summed E-state index contributed by atoms with van der Waals surface area (Å²) >= 11 is 0. The normalized spacial score (nSPS) is 21.1. The van der Waals surface area contributed by atoms with Crippen molar-refractivity contribution >= 4 is 5.91 Å². The van der Waals surface area contributed by atoms with E-state index in [1.54, 1.807) is 6.08 Å². The lowest BCUT2D eigenvalue weighted by Crippen LogP contribution is -2.46. The highest BCUT2D eigenvalue weighted by atomic mass is 16.2. The number of piperidine rings is 1. The van der Waals surface area contributed by atoms with E-state index >= 15 is 0 Å². The van der Waals surface area contributed by atoms with Gasteiger partial charge in [-0.2, -0.15) is 0 Å². The number of likely N-dealkylation sites (tertiary alicyclic amines) is 1. The Kier molecular flexibility index (Phi) is 6.89.